The van der Waals surface area contributed by atoms with Crippen LogP contribution in [0, 0.1) is 0 Å². The van der Waals surface area contributed by atoms with Crippen LogP contribution in [-0.4, -0.2) is 24.5 Å². The quantitative estimate of drug-likeness (QED) is 0.419. The average molecular weight is 126 g/mol. The lowest BCUT2D eigenvalue weighted by Gasteiger charge is -2.37. The number of rotatable bonds is 0. The molecular formula is C6H10N2O. The van der Waals surface area contributed by atoms with E-state index in [2.05, 4.69) is 10.6 Å². The second-order valence-corrected chi connectivity index (χ2v) is 2.93. The van der Waals surface area contributed by atoms with Crippen molar-refractivity contribution in [3.8, 4) is 0 Å². The van der Waals surface area contributed by atoms with E-state index < -0.39 is 0 Å². The lowest BCUT2D eigenvalue weighted by Crippen LogP contribution is -2.62. The van der Waals surface area contributed by atoms with Crippen LogP contribution in [0.2, 0.25) is 0 Å². The molecule has 1 spiro atoms. The van der Waals surface area contributed by atoms with Gasteiger partial charge in [0.05, 0.1) is 12.0 Å². The third-order valence-electron chi connectivity index (χ3n) is 2.15. The van der Waals surface area contributed by atoms with Crippen LogP contribution in [0.5, 0.6) is 0 Å². The predicted molar refractivity (Wildman–Crippen MR) is 33.0 cm³/mol. The predicted octanol–water partition coefficient (Wildman–Crippen LogP) is -0.762. The first-order chi connectivity index (χ1) is 4.31. The van der Waals surface area contributed by atoms with Gasteiger partial charge in [-0.1, -0.05) is 0 Å². The Balaban J connectivity index is 2.03. The van der Waals surface area contributed by atoms with Crippen molar-refractivity contribution in [3.05, 3.63) is 0 Å². The van der Waals surface area contributed by atoms with E-state index in [0.717, 1.165) is 25.9 Å². The number of carbonyl (C=O) groups excluding carboxylic acids is 1. The number of carbonyl (C=O) groups is 1. The molecule has 2 saturated heterocycles. The Hall–Kier alpha value is -0.570. The fourth-order valence-electron chi connectivity index (χ4n) is 1.59. The van der Waals surface area contributed by atoms with Crippen LogP contribution in [0.3, 0.4) is 0 Å². The summed E-state index contributed by atoms with van der Waals surface area (Å²) < 4.78 is 0. The summed E-state index contributed by atoms with van der Waals surface area (Å²) in [5, 5.41) is 6.14. The number of nitrogens with one attached hydrogen (secondary N) is 2. The van der Waals surface area contributed by atoms with E-state index in [1.54, 1.807) is 0 Å². The highest BCUT2D eigenvalue weighted by atomic mass is 16.2. The lowest BCUT2D eigenvalue weighted by atomic mass is 9.87. The molecule has 0 aromatic carbocycles. The molecule has 0 aromatic rings. The molecule has 2 aliphatic rings. The van der Waals surface area contributed by atoms with Crippen LogP contribution in [0.4, 0.5) is 0 Å². The van der Waals surface area contributed by atoms with E-state index >= 15 is 0 Å². The van der Waals surface area contributed by atoms with Gasteiger partial charge in [-0.15, -0.1) is 0 Å². The van der Waals surface area contributed by atoms with Gasteiger partial charge < -0.3 is 10.6 Å². The molecule has 0 bridgehead atoms. The van der Waals surface area contributed by atoms with Crippen molar-refractivity contribution in [1.29, 1.82) is 0 Å². The number of hydrogen-bond donors (Lipinski definition) is 2. The Morgan fingerprint density at radius 2 is 2.33 bits per heavy atom. The minimum absolute atomic E-state index is 0.178. The van der Waals surface area contributed by atoms with Crippen LogP contribution < -0.4 is 10.6 Å². The van der Waals surface area contributed by atoms with Crippen molar-refractivity contribution in [2.75, 3.05) is 13.1 Å². The molecule has 1 atom stereocenters. The minimum Gasteiger partial charge on any atom is -0.349 e. The highest BCUT2D eigenvalue weighted by Gasteiger charge is 2.44. The number of amides is 1. The Morgan fingerprint density at radius 1 is 1.56 bits per heavy atom. The monoisotopic (exact) mass is 126 g/mol. The first-order valence-corrected chi connectivity index (χ1v) is 3.33. The van der Waals surface area contributed by atoms with Gasteiger partial charge in [-0.25, -0.2) is 0 Å². The molecule has 0 aromatic heterocycles. The summed E-state index contributed by atoms with van der Waals surface area (Å²) in [4.78, 5) is 10.5. The minimum atomic E-state index is 0.178. The van der Waals surface area contributed by atoms with E-state index in [-0.39, 0.29) is 11.4 Å². The molecule has 2 rings (SSSR count). The zero-order valence-corrected chi connectivity index (χ0v) is 5.24. The molecule has 3 nitrogen and oxygen atoms in total. The SMILES string of the molecule is O=C1C[C@]2(CCNC2)N1. The maximum Gasteiger partial charge on any atom is 0.222 e. The third kappa shape index (κ3) is 0.645. The largest absolute Gasteiger partial charge is 0.349 e. The van der Waals surface area contributed by atoms with Gasteiger partial charge in [-0.2, -0.15) is 0 Å². The normalized spacial score (nSPS) is 40.7. The Labute approximate surface area is 53.8 Å². The summed E-state index contributed by atoms with van der Waals surface area (Å²) in [6, 6.07) is 0. The number of β-lactam (4-membered cyclic amide) rings is 1. The van der Waals surface area contributed by atoms with Crippen molar-refractivity contribution in [1.82, 2.24) is 10.6 Å². The molecule has 9 heavy (non-hydrogen) atoms. The molecule has 0 unspecified atom stereocenters. The van der Waals surface area contributed by atoms with Gasteiger partial charge >= 0.3 is 0 Å². The molecule has 2 N–H and O–H groups in total. The van der Waals surface area contributed by atoms with E-state index in [9.17, 15) is 4.79 Å². The van der Waals surface area contributed by atoms with Gasteiger partial charge in [-0.3, -0.25) is 4.79 Å². The molecule has 3 heteroatoms. The summed E-state index contributed by atoms with van der Waals surface area (Å²) in [7, 11) is 0. The summed E-state index contributed by atoms with van der Waals surface area (Å²) in [5.74, 6) is 0.207. The fourth-order valence-corrected chi connectivity index (χ4v) is 1.59. The van der Waals surface area contributed by atoms with E-state index in [0.29, 0.717) is 0 Å². The lowest BCUT2D eigenvalue weighted by molar-refractivity contribution is -0.131. The zero-order chi connectivity index (χ0) is 6.32. The van der Waals surface area contributed by atoms with Crippen molar-refractivity contribution in [2.24, 2.45) is 0 Å². The van der Waals surface area contributed by atoms with Crippen LogP contribution in [0.15, 0.2) is 0 Å². The van der Waals surface area contributed by atoms with Gasteiger partial charge in [0.2, 0.25) is 5.91 Å². The molecule has 2 fully saturated rings. The zero-order valence-electron chi connectivity index (χ0n) is 5.24. The smallest absolute Gasteiger partial charge is 0.222 e. The molecule has 1 amide bonds. The summed E-state index contributed by atoms with van der Waals surface area (Å²) in [5.41, 5.74) is 0.178. The number of hydrogen-bond acceptors (Lipinski definition) is 2. The van der Waals surface area contributed by atoms with E-state index in [1.807, 2.05) is 0 Å². The van der Waals surface area contributed by atoms with Crippen LogP contribution in [0.1, 0.15) is 12.8 Å². The second kappa shape index (κ2) is 1.48. The molecular weight excluding hydrogens is 116 g/mol. The first-order valence-electron chi connectivity index (χ1n) is 3.33. The maximum absolute atomic E-state index is 10.5. The first kappa shape index (κ1) is 5.23. The van der Waals surface area contributed by atoms with Gasteiger partial charge in [0.1, 0.15) is 0 Å². The second-order valence-electron chi connectivity index (χ2n) is 2.93. The summed E-state index contributed by atoms with van der Waals surface area (Å²) >= 11 is 0. The highest BCUT2D eigenvalue weighted by molar-refractivity contribution is 5.85. The molecule has 0 aliphatic carbocycles. The van der Waals surface area contributed by atoms with Crippen LogP contribution in [-0.2, 0) is 4.79 Å². The van der Waals surface area contributed by atoms with Crippen molar-refractivity contribution < 1.29 is 4.79 Å². The van der Waals surface area contributed by atoms with Crippen molar-refractivity contribution >= 4 is 5.91 Å². The van der Waals surface area contributed by atoms with E-state index in [1.165, 1.54) is 0 Å². The summed E-state index contributed by atoms with van der Waals surface area (Å²) in [6.45, 7) is 2.03. The van der Waals surface area contributed by atoms with Crippen LogP contribution >= 0.6 is 0 Å². The van der Waals surface area contributed by atoms with Gasteiger partial charge in [0.15, 0.2) is 0 Å². The van der Waals surface area contributed by atoms with Gasteiger partial charge in [0.25, 0.3) is 0 Å². The standard InChI is InChI=1S/C6H10N2O/c9-5-3-6(8-5)1-2-7-4-6/h7H,1-4H2,(H,8,9)/t6-/m0/s1. The van der Waals surface area contributed by atoms with Gasteiger partial charge in [0, 0.05) is 6.54 Å². The molecule has 0 saturated carbocycles. The van der Waals surface area contributed by atoms with E-state index in [4.69, 9.17) is 0 Å². The third-order valence-corrected chi connectivity index (χ3v) is 2.15. The fraction of sp³-hybridized carbons (Fsp3) is 0.833. The van der Waals surface area contributed by atoms with Crippen LogP contribution in [0.25, 0.3) is 0 Å². The molecule has 2 aliphatic heterocycles. The Morgan fingerprint density at radius 3 is 2.78 bits per heavy atom. The highest BCUT2D eigenvalue weighted by Crippen LogP contribution is 2.25. The Kier molecular flexibility index (Phi) is 0.858. The summed E-state index contributed by atoms with van der Waals surface area (Å²) in [6.07, 6.45) is 1.85. The van der Waals surface area contributed by atoms with Crippen molar-refractivity contribution in [2.45, 2.75) is 18.4 Å². The van der Waals surface area contributed by atoms with Gasteiger partial charge in [-0.05, 0) is 13.0 Å². The Bertz CT molecular complexity index is 139. The average Bonchev–Trinajstić information content (AvgIpc) is 2.12. The molecule has 2 heterocycles. The maximum atomic E-state index is 10.5. The van der Waals surface area contributed by atoms with Crippen molar-refractivity contribution in [3.63, 3.8) is 0 Å². The molecule has 0 radical (unpaired) electrons. The topological polar surface area (TPSA) is 41.1 Å². The molecule has 50 valence electrons.